The Hall–Kier alpha value is -1.25. The van der Waals surface area contributed by atoms with Gasteiger partial charge in [-0.25, -0.2) is 9.97 Å². The molecule has 1 unspecified atom stereocenters. The van der Waals surface area contributed by atoms with Crippen molar-refractivity contribution in [2.75, 3.05) is 11.9 Å². The molecule has 2 rings (SSSR count). The predicted molar refractivity (Wildman–Crippen MR) is 72.7 cm³/mol. The van der Waals surface area contributed by atoms with Crippen LogP contribution in [0.5, 0.6) is 0 Å². The first kappa shape index (κ1) is 12.2. The van der Waals surface area contributed by atoms with E-state index < -0.39 is 0 Å². The van der Waals surface area contributed by atoms with Crippen LogP contribution in [0.3, 0.4) is 0 Å². The Bertz CT molecular complexity index is 480. The zero-order valence-corrected chi connectivity index (χ0v) is 11.8. The molecule has 7 heteroatoms. The second-order valence-corrected chi connectivity index (χ2v) is 4.91. The molecule has 0 saturated carbocycles. The second-order valence-electron chi connectivity index (χ2n) is 3.81. The standard InChI is InChI=1S/C10H13IN6/c1-7(10-16-15-6-17(10)2)3-13-9-5-12-8(11)4-14-9/h4-7H,3H2,1-2H3,(H,13,14). The fraction of sp³-hybridized carbons (Fsp3) is 0.400. The maximum absolute atomic E-state index is 4.23. The van der Waals surface area contributed by atoms with Gasteiger partial charge in [-0.15, -0.1) is 10.2 Å². The normalized spacial score (nSPS) is 12.4. The molecule has 0 bridgehead atoms. The molecule has 0 amide bonds. The zero-order valence-electron chi connectivity index (χ0n) is 9.63. The molecule has 0 spiro atoms. The summed E-state index contributed by atoms with van der Waals surface area (Å²) in [5.41, 5.74) is 0. The zero-order chi connectivity index (χ0) is 12.3. The van der Waals surface area contributed by atoms with Crippen molar-refractivity contribution in [1.29, 1.82) is 0 Å². The van der Waals surface area contributed by atoms with Crippen LogP contribution in [0.4, 0.5) is 5.82 Å². The molecule has 1 N–H and O–H groups in total. The Morgan fingerprint density at radius 2 is 2.24 bits per heavy atom. The molecule has 0 saturated heterocycles. The molecule has 0 radical (unpaired) electrons. The van der Waals surface area contributed by atoms with E-state index in [-0.39, 0.29) is 5.92 Å². The first-order valence-corrected chi connectivity index (χ1v) is 6.30. The molecule has 6 nitrogen and oxygen atoms in total. The lowest BCUT2D eigenvalue weighted by Gasteiger charge is -2.11. The van der Waals surface area contributed by atoms with Crippen molar-refractivity contribution in [3.8, 4) is 0 Å². The largest absolute Gasteiger partial charge is 0.368 e. The molecule has 17 heavy (non-hydrogen) atoms. The SMILES string of the molecule is CC(CNc1cnc(I)cn1)c1nncn1C. The summed E-state index contributed by atoms with van der Waals surface area (Å²) < 4.78 is 2.81. The average Bonchev–Trinajstić information content (AvgIpc) is 2.74. The number of anilines is 1. The van der Waals surface area contributed by atoms with Crippen LogP contribution < -0.4 is 5.32 Å². The molecule has 0 aromatic carbocycles. The Balaban J connectivity index is 1.94. The Kier molecular flexibility index (Phi) is 3.87. The van der Waals surface area contributed by atoms with E-state index in [2.05, 4.69) is 55.0 Å². The monoisotopic (exact) mass is 344 g/mol. The van der Waals surface area contributed by atoms with Crippen molar-refractivity contribution in [3.63, 3.8) is 0 Å². The quantitative estimate of drug-likeness (QED) is 0.850. The van der Waals surface area contributed by atoms with E-state index in [1.165, 1.54) is 0 Å². The van der Waals surface area contributed by atoms with Crippen molar-refractivity contribution in [3.05, 3.63) is 28.2 Å². The Morgan fingerprint density at radius 1 is 1.41 bits per heavy atom. The molecule has 0 aliphatic rings. The fourth-order valence-corrected chi connectivity index (χ4v) is 1.77. The maximum Gasteiger partial charge on any atom is 0.144 e. The minimum absolute atomic E-state index is 0.267. The third kappa shape index (κ3) is 3.11. The number of halogens is 1. The van der Waals surface area contributed by atoms with Crippen molar-refractivity contribution in [1.82, 2.24) is 24.7 Å². The van der Waals surface area contributed by atoms with E-state index in [1.54, 1.807) is 18.7 Å². The number of aryl methyl sites for hydroxylation is 1. The van der Waals surface area contributed by atoms with Crippen LogP contribution in [0.15, 0.2) is 18.7 Å². The van der Waals surface area contributed by atoms with Gasteiger partial charge in [-0.3, -0.25) is 0 Å². The first-order valence-electron chi connectivity index (χ1n) is 5.22. The predicted octanol–water partition coefficient (Wildman–Crippen LogP) is 1.43. The highest BCUT2D eigenvalue weighted by molar-refractivity contribution is 14.1. The summed E-state index contributed by atoms with van der Waals surface area (Å²) in [7, 11) is 1.94. The van der Waals surface area contributed by atoms with Gasteiger partial charge < -0.3 is 9.88 Å². The number of nitrogens with one attached hydrogen (secondary N) is 1. The number of hydrogen-bond donors (Lipinski definition) is 1. The lowest BCUT2D eigenvalue weighted by molar-refractivity contribution is 0.680. The highest BCUT2D eigenvalue weighted by Crippen LogP contribution is 2.12. The first-order chi connectivity index (χ1) is 8.16. The van der Waals surface area contributed by atoms with Crippen LogP contribution in [-0.4, -0.2) is 31.3 Å². The molecule has 1 atom stereocenters. The Morgan fingerprint density at radius 3 is 2.82 bits per heavy atom. The molecule has 0 aliphatic carbocycles. The lowest BCUT2D eigenvalue weighted by Crippen LogP contribution is -2.14. The van der Waals surface area contributed by atoms with Crippen LogP contribution >= 0.6 is 22.6 Å². The summed E-state index contributed by atoms with van der Waals surface area (Å²) in [4.78, 5) is 8.40. The van der Waals surface area contributed by atoms with Gasteiger partial charge in [0.2, 0.25) is 0 Å². The van der Waals surface area contributed by atoms with Gasteiger partial charge in [-0.1, -0.05) is 6.92 Å². The molecular formula is C10H13IN6. The topological polar surface area (TPSA) is 68.5 Å². The number of hydrogen-bond acceptors (Lipinski definition) is 5. The maximum atomic E-state index is 4.23. The Labute approximate surface area is 113 Å². The van der Waals surface area contributed by atoms with E-state index in [4.69, 9.17) is 0 Å². The molecule has 2 heterocycles. The smallest absolute Gasteiger partial charge is 0.144 e. The molecule has 0 fully saturated rings. The summed E-state index contributed by atoms with van der Waals surface area (Å²) in [6, 6.07) is 0. The molecule has 2 aromatic heterocycles. The summed E-state index contributed by atoms with van der Waals surface area (Å²) in [5.74, 6) is 2.00. The highest BCUT2D eigenvalue weighted by atomic mass is 127. The summed E-state index contributed by atoms with van der Waals surface area (Å²) in [6.45, 7) is 2.85. The van der Waals surface area contributed by atoms with Crippen LogP contribution in [0, 0.1) is 3.70 Å². The number of aromatic nitrogens is 5. The van der Waals surface area contributed by atoms with Gasteiger partial charge in [-0.05, 0) is 22.6 Å². The third-order valence-corrected chi connectivity index (χ3v) is 2.95. The van der Waals surface area contributed by atoms with Gasteiger partial charge in [0.05, 0.1) is 12.4 Å². The second kappa shape index (κ2) is 5.39. The van der Waals surface area contributed by atoms with Crippen molar-refractivity contribution in [2.45, 2.75) is 12.8 Å². The van der Waals surface area contributed by atoms with Gasteiger partial charge in [0, 0.05) is 19.5 Å². The van der Waals surface area contributed by atoms with E-state index in [9.17, 15) is 0 Å². The van der Waals surface area contributed by atoms with Gasteiger partial charge in [-0.2, -0.15) is 0 Å². The molecular weight excluding hydrogens is 331 g/mol. The van der Waals surface area contributed by atoms with Gasteiger partial charge >= 0.3 is 0 Å². The average molecular weight is 344 g/mol. The minimum Gasteiger partial charge on any atom is -0.368 e. The molecule has 0 aliphatic heterocycles. The van der Waals surface area contributed by atoms with Crippen LogP contribution in [0.25, 0.3) is 0 Å². The molecule has 90 valence electrons. The third-order valence-electron chi connectivity index (χ3n) is 2.40. The van der Waals surface area contributed by atoms with Crippen LogP contribution in [-0.2, 0) is 7.05 Å². The number of nitrogens with zero attached hydrogens (tertiary/aromatic N) is 5. The van der Waals surface area contributed by atoms with Gasteiger partial charge in [0.1, 0.15) is 21.7 Å². The summed E-state index contributed by atoms with van der Waals surface area (Å²) in [5, 5.41) is 11.2. The van der Waals surface area contributed by atoms with Gasteiger partial charge in [0.25, 0.3) is 0 Å². The van der Waals surface area contributed by atoms with E-state index >= 15 is 0 Å². The van der Waals surface area contributed by atoms with Crippen LogP contribution in [0.2, 0.25) is 0 Å². The number of rotatable bonds is 4. The molecule has 2 aromatic rings. The lowest BCUT2D eigenvalue weighted by atomic mass is 10.1. The summed E-state index contributed by atoms with van der Waals surface area (Å²) in [6.07, 6.45) is 5.16. The van der Waals surface area contributed by atoms with Crippen molar-refractivity contribution >= 4 is 28.4 Å². The van der Waals surface area contributed by atoms with E-state index in [0.29, 0.717) is 0 Å². The highest BCUT2D eigenvalue weighted by Gasteiger charge is 2.11. The summed E-state index contributed by atoms with van der Waals surface area (Å²) >= 11 is 2.13. The van der Waals surface area contributed by atoms with Crippen molar-refractivity contribution < 1.29 is 0 Å². The van der Waals surface area contributed by atoms with E-state index in [1.807, 2.05) is 11.6 Å². The van der Waals surface area contributed by atoms with Gasteiger partial charge in [0.15, 0.2) is 0 Å². The van der Waals surface area contributed by atoms with E-state index in [0.717, 1.165) is 21.9 Å². The van der Waals surface area contributed by atoms with Crippen LogP contribution in [0.1, 0.15) is 18.7 Å². The fourth-order valence-electron chi connectivity index (χ4n) is 1.49. The minimum atomic E-state index is 0.267. The van der Waals surface area contributed by atoms with Crippen molar-refractivity contribution in [2.24, 2.45) is 7.05 Å².